The van der Waals surface area contributed by atoms with Crippen molar-refractivity contribution in [1.82, 2.24) is 10.3 Å². The van der Waals surface area contributed by atoms with Crippen LogP contribution < -0.4 is 11.1 Å². The number of aryl methyl sites for hydroxylation is 1. The summed E-state index contributed by atoms with van der Waals surface area (Å²) >= 11 is 0. The fraction of sp³-hybridized carbons (Fsp3) is 0.471. The molecule has 3 rings (SSSR count). The molecule has 1 heterocycles. The maximum absolute atomic E-state index is 11.6. The van der Waals surface area contributed by atoms with Crippen LogP contribution in [0.2, 0.25) is 0 Å². The van der Waals surface area contributed by atoms with Gasteiger partial charge in [-0.05, 0) is 36.8 Å². The van der Waals surface area contributed by atoms with E-state index in [0.29, 0.717) is 0 Å². The normalized spacial score (nSPS) is 19.7. The molecule has 0 fully saturated rings. The zero-order chi connectivity index (χ0) is 15.0. The third kappa shape index (κ3) is 2.56. The van der Waals surface area contributed by atoms with Crippen molar-refractivity contribution in [1.29, 1.82) is 0 Å². The molecule has 0 radical (unpaired) electrons. The van der Waals surface area contributed by atoms with Crippen molar-refractivity contribution in [3.8, 4) is 0 Å². The molecule has 1 amide bonds. The highest BCUT2D eigenvalue weighted by Crippen LogP contribution is 2.35. The number of para-hydroxylation sites is 1. The molecule has 1 aliphatic rings. The topological polar surface area (TPSA) is 70.9 Å². The maximum Gasteiger partial charge on any atom is 0.234 e. The third-order valence-electron chi connectivity index (χ3n) is 4.47. The van der Waals surface area contributed by atoms with Crippen LogP contribution in [0, 0.1) is 5.92 Å². The number of hydrogen-bond acceptors (Lipinski definition) is 2. The highest BCUT2D eigenvalue weighted by Gasteiger charge is 2.29. The van der Waals surface area contributed by atoms with Gasteiger partial charge in [0, 0.05) is 22.6 Å². The van der Waals surface area contributed by atoms with Gasteiger partial charge in [-0.2, -0.15) is 0 Å². The van der Waals surface area contributed by atoms with E-state index in [1.165, 1.54) is 22.2 Å². The molecule has 0 bridgehead atoms. The number of rotatable bonds is 4. The van der Waals surface area contributed by atoms with Crippen molar-refractivity contribution < 1.29 is 4.79 Å². The molecule has 0 saturated heterocycles. The van der Waals surface area contributed by atoms with E-state index in [0.717, 1.165) is 19.3 Å². The monoisotopic (exact) mass is 285 g/mol. The SMILES string of the molecule is CC(C)C(NC1CCCc2c1[nH]c1ccccc21)C(N)=O. The molecule has 2 atom stereocenters. The van der Waals surface area contributed by atoms with E-state index in [1.54, 1.807) is 0 Å². The van der Waals surface area contributed by atoms with E-state index in [1.807, 2.05) is 19.9 Å². The summed E-state index contributed by atoms with van der Waals surface area (Å²) in [7, 11) is 0. The summed E-state index contributed by atoms with van der Waals surface area (Å²) in [6, 6.07) is 8.30. The van der Waals surface area contributed by atoms with E-state index in [2.05, 4.69) is 28.5 Å². The summed E-state index contributed by atoms with van der Waals surface area (Å²) in [5, 5.41) is 4.77. The molecular formula is C17H23N3O. The number of hydrogen-bond donors (Lipinski definition) is 3. The first kappa shape index (κ1) is 14.1. The molecule has 4 heteroatoms. The zero-order valence-corrected chi connectivity index (χ0v) is 12.6. The number of primary amides is 1. The standard InChI is InChI=1S/C17H23N3O/c1-10(2)15(17(18)21)20-14-9-5-7-12-11-6-3-4-8-13(11)19-16(12)14/h3-4,6,8,10,14-15,19-20H,5,7,9H2,1-2H3,(H2,18,21). The number of H-pyrrole nitrogens is 1. The summed E-state index contributed by atoms with van der Waals surface area (Å²) in [5.74, 6) is -0.0783. The Bertz CT molecular complexity index is 659. The quantitative estimate of drug-likeness (QED) is 0.808. The number of benzene rings is 1. The Hall–Kier alpha value is -1.81. The Morgan fingerprint density at radius 2 is 2.14 bits per heavy atom. The lowest BCUT2D eigenvalue weighted by atomic mass is 9.90. The second-order valence-corrected chi connectivity index (χ2v) is 6.30. The van der Waals surface area contributed by atoms with Gasteiger partial charge < -0.3 is 10.7 Å². The summed E-state index contributed by atoms with van der Waals surface area (Å²) < 4.78 is 0. The van der Waals surface area contributed by atoms with Crippen LogP contribution in [-0.2, 0) is 11.2 Å². The van der Waals surface area contributed by atoms with Crippen molar-refractivity contribution >= 4 is 16.8 Å². The first-order valence-corrected chi connectivity index (χ1v) is 7.72. The predicted octanol–water partition coefficient (Wildman–Crippen LogP) is 2.64. The second-order valence-electron chi connectivity index (χ2n) is 6.30. The maximum atomic E-state index is 11.6. The summed E-state index contributed by atoms with van der Waals surface area (Å²) in [6.45, 7) is 4.05. The average Bonchev–Trinajstić information content (AvgIpc) is 2.83. The van der Waals surface area contributed by atoms with Crippen LogP contribution in [0.15, 0.2) is 24.3 Å². The van der Waals surface area contributed by atoms with E-state index in [-0.39, 0.29) is 23.9 Å². The number of nitrogens with one attached hydrogen (secondary N) is 2. The molecule has 1 aliphatic carbocycles. The lowest BCUT2D eigenvalue weighted by Crippen LogP contribution is -2.47. The Balaban J connectivity index is 1.95. The Morgan fingerprint density at radius 1 is 1.38 bits per heavy atom. The lowest BCUT2D eigenvalue weighted by molar-refractivity contribution is -0.121. The van der Waals surface area contributed by atoms with Crippen LogP contribution in [0.1, 0.15) is 44.0 Å². The fourth-order valence-corrected chi connectivity index (χ4v) is 3.40. The molecule has 4 N–H and O–H groups in total. The van der Waals surface area contributed by atoms with E-state index in [4.69, 9.17) is 5.73 Å². The number of carbonyl (C=O) groups excluding carboxylic acids is 1. The van der Waals surface area contributed by atoms with Gasteiger partial charge in [0.05, 0.1) is 6.04 Å². The fourth-order valence-electron chi connectivity index (χ4n) is 3.40. The number of aromatic nitrogens is 1. The van der Waals surface area contributed by atoms with E-state index < -0.39 is 0 Å². The molecule has 1 aromatic carbocycles. The molecule has 0 aliphatic heterocycles. The molecule has 1 aromatic heterocycles. The first-order chi connectivity index (χ1) is 10.1. The van der Waals surface area contributed by atoms with Gasteiger partial charge in [0.1, 0.15) is 0 Å². The van der Waals surface area contributed by atoms with Crippen molar-refractivity contribution in [3.63, 3.8) is 0 Å². The zero-order valence-electron chi connectivity index (χ0n) is 12.6. The molecular weight excluding hydrogens is 262 g/mol. The molecule has 4 nitrogen and oxygen atoms in total. The number of aromatic amines is 1. The van der Waals surface area contributed by atoms with Gasteiger partial charge in [0.2, 0.25) is 5.91 Å². The minimum Gasteiger partial charge on any atom is -0.368 e. The minimum atomic E-state index is -0.285. The van der Waals surface area contributed by atoms with Gasteiger partial charge in [-0.3, -0.25) is 10.1 Å². The third-order valence-corrected chi connectivity index (χ3v) is 4.47. The molecule has 21 heavy (non-hydrogen) atoms. The molecule has 0 spiro atoms. The smallest absolute Gasteiger partial charge is 0.234 e. The second kappa shape index (κ2) is 5.53. The van der Waals surface area contributed by atoms with Crippen molar-refractivity contribution in [3.05, 3.63) is 35.5 Å². The Labute approximate surface area is 125 Å². The number of carbonyl (C=O) groups is 1. The van der Waals surface area contributed by atoms with Gasteiger partial charge in [-0.25, -0.2) is 0 Å². The van der Waals surface area contributed by atoms with Crippen molar-refractivity contribution in [2.24, 2.45) is 11.7 Å². The largest absolute Gasteiger partial charge is 0.368 e. The van der Waals surface area contributed by atoms with Gasteiger partial charge in [-0.15, -0.1) is 0 Å². The summed E-state index contributed by atoms with van der Waals surface area (Å²) in [4.78, 5) is 15.2. The van der Waals surface area contributed by atoms with Crippen LogP contribution in [0.3, 0.4) is 0 Å². The molecule has 112 valence electrons. The van der Waals surface area contributed by atoms with E-state index in [9.17, 15) is 4.79 Å². The van der Waals surface area contributed by atoms with Crippen LogP contribution in [-0.4, -0.2) is 16.9 Å². The minimum absolute atomic E-state index is 0.182. The molecule has 2 aromatic rings. The Kier molecular flexibility index (Phi) is 3.72. The van der Waals surface area contributed by atoms with Crippen molar-refractivity contribution in [2.75, 3.05) is 0 Å². The van der Waals surface area contributed by atoms with E-state index >= 15 is 0 Å². The van der Waals surface area contributed by atoms with Crippen molar-refractivity contribution in [2.45, 2.75) is 45.2 Å². The number of amides is 1. The van der Waals surface area contributed by atoms with Gasteiger partial charge in [0.25, 0.3) is 0 Å². The summed E-state index contributed by atoms with van der Waals surface area (Å²) in [5.41, 5.74) is 9.34. The van der Waals surface area contributed by atoms with Gasteiger partial charge in [-0.1, -0.05) is 32.0 Å². The lowest BCUT2D eigenvalue weighted by Gasteiger charge is -2.29. The number of nitrogens with two attached hydrogens (primary N) is 1. The molecule has 2 unspecified atom stereocenters. The van der Waals surface area contributed by atoms with Crippen LogP contribution in [0.5, 0.6) is 0 Å². The number of fused-ring (bicyclic) bond motifs is 3. The highest BCUT2D eigenvalue weighted by atomic mass is 16.1. The predicted molar refractivity (Wildman–Crippen MR) is 84.9 cm³/mol. The van der Waals surface area contributed by atoms with Crippen LogP contribution >= 0.6 is 0 Å². The van der Waals surface area contributed by atoms with Gasteiger partial charge in [0.15, 0.2) is 0 Å². The van der Waals surface area contributed by atoms with Crippen LogP contribution in [0.25, 0.3) is 10.9 Å². The highest BCUT2D eigenvalue weighted by molar-refractivity contribution is 5.85. The molecule has 0 saturated carbocycles. The van der Waals surface area contributed by atoms with Crippen LogP contribution in [0.4, 0.5) is 0 Å². The van der Waals surface area contributed by atoms with Gasteiger partial charge >= 0.3 is 0 Å². The Morgan fingerprint density at radius 3 is 2.86 bits per heavy atom. The summed E-state index contributed by atoms with van der Waals surface area (Å²) in [6.07, 6.45) is 3.27. The first-order valence-electron chi connectivity index (χ1n) is 7.72. The average molecular weight is 285 g/mol.